The Hall–Kier alpha value is -1.82. The number of rotatable bonds is 9. The topological polar surface area (TPSA) is 59.8 Å². The molecule has 0 aliphatic rings. The van der Waals surface area contributed by atoms with Gasteiger partial charge in [0.05, 0.1) is 6.42 Å². The highest BCUT2D eigenvalue weighted by Gasteiger charge is 2.12. The molecule has 0 radical (unpaired) electrons. The van der Waals surface area contributed by atoms with Crippen molar-refractivity contribution in [1.82, 2.24) is 14.9 Å². The lowest BCUT2D eigenvalue weighted by Crippen LogP contribution is -2.26. The number of hydrogen-bond donors (Lipinski definition) is 2. The van der Waals surface area contributed by atoms with Crippen molar-refractivity contribution in [2.24, 2.45) is 0 Å². The van der Waals surface area contributed by atoms with E-state index in [0.717, 1.165) is 24.2 Å². The number of unbranched alkanes of at least 4 members (excludes halogenated alkanes) is 4. The van der Waals surface area contributed by atoms with Crippen LogP contribution in [0.1, 0.15) is 50.4 Å². The summed E-state index contributed by atoms with van der Waals surface area (Å²) in [6.45, 7) is 2.20. The summed E-state index contributed by atoms with van der Waals surface area (Å²) in [5.41, 5.74) is 3.81. The van der Waals surface area contributed by atoms with Crippen molar-refractivity contribution >= 4 is 18.5 Å². The highest BCUT2D eigenvalue weighted by Crippen LogP contribution is 2.10. The minimum atomic E-state index is -0.0986. The van der Waals surface area contributed by atoms with Gasteiger partial charge in [-0.1, -0.05) is 62.9 Å². The first-order valence-electron chi connectivity index (χ1n) is 8.17. The van der Waals surface area contributed by atoms with Gasteiger partial charge in [-0.05, 0) is 12.0 Å². The molecule has 0 fully saturated rings. The van der Waals surface area contributed by atoms with Crippen LogP contribution in [0.3, 0.4) is 0 Å². The molecule has 0 aliphatic carbocycles. The normalized spacial score (nSPS) is 10.7. The Morgan fingerprint density at radius 2 is 1.87 bits per heavy atom. The monoisotopic (exact) mass is 332 g/mol. The first-order valence-corrected chi connectivity index (χ1v) is 8.62. The summed E-state index contributed by atoms with van der Waals surface area (Å²) in [7, 11) is 0. The largest absolute Gasteiger partial charge is 0.273 e. The molecule has 2 rings (SSSR count). The van der Waals surface area contributed by atoms with E-state index in [9.17, 15) is 4.79 Å². The summed E-state index contributed by atoms with van der Waals surface area (Å²) in [5.74, 6) is 0.659. The highest BCUT2D eigenvalue weighted by atomic mass is 32.1. The number of hydrogen-bond acceptors (Lipinski definition) is 4. The number of aryl methyl sites for hydroxylation is 1. The van der Waals surface area contributed by atoms with Gasteiger partial charge in [-0.15, -0.1) is 22.8 Å². The zero-order valence-electron chi connectivity index (χ0n) is 13.5. The lowest BCUT2D eigenvalue weighted by atomic mass is 10.1. The molecular weight excluding hydrogens is 308 g/mol. The SMILES string of the molecule is CCCCCCCc1nnc(S)n1NC(=O)Cc1ccccc1. The van der Waals surface area contributed by atoms with Crippen LogP contribution in [0.15, 0.2) is 35.5 Å². The molecular formula is C17H24N4OS. The number of thiol groups is 1. The first-order chi connectivity index (χ1) is 11.2. The molecule has 5 nitrogen and oxygen atoms in total. The van der Waals surface area contributed by atoms with Crippen LogP contribution in [0.5, 0.6) is 0 Å². The lowest BCUT2D eigenvalue weighted by molar-refractivity contribution is -0.116. The van der Waals surface area contributed by atoms with E-state index in [-0.39, 0.29) is 5.91 Å². The van der Waals surface area contributed by atoms with E-state index in [0.29, 0.717) is 11.6 Å². The maximum atomic E-state index is 12.2. The van der Waals surface area contributed by atoms with Crippen molar-refractivity contribution in [3.8, 4) is 0 Å². The Morgan fingerprint density at radius 3 is 2.61 bits per heavy atom. The van der Waals surface area contributed by atoms with Gasteiger partial charge in [0.2, 0.25) is 11.1 Å². The zero-order valence-corrected chi connectivity index (χ0v) is 14.4. The van der Waals surface area contributed by atoms with E-state index in [1.807, 2.05) is 30.3 Å². The molecule has 1 amide bonds. The van der Waals surface area contributed by atoms with E-state index in [2.05, 4.69) is 35.2 Å². The summed E-state index contributed by atoms with van der Waals surface area (Å²) in [4.78, 5) is 12.2. The quantitative estimate of drug-likeness (QED) is 0.546. The third kappa shape index (κ3) is 5.71. The molecule has 0 bridgehead atoms. The average Bonchev–Trinajstić information content (AvgIpc) is 2.89. The zero-order chi connectivity index (χ0) is 16.5. The van der Waals surface area contributed by atoms with Crippen LogP contribution >= 0.6 is 12.6 Å². The van der Waals surface area contributed by atoms with E-state index < -0.39 is 0 Å². The fraction of sp³-hybridized carbons (Fsp3) is 0.471. The van der Waals surface area contributed by atoms with E-state index in [1.54, 1.807) is 4.68 Å². The molecule has 1 heterocycles. The van der Waals surface area contributed by atoms with Gasteiger partial charge in [0.25, 0.3) is 0 Å². The maximum absolute atomic E-state index is 12.2. The summed E-state index contributed by atoms with van der Waals surface area (Å²) >= 11 is 4.27. The summed E-state index contributed by atoms with van der Waals surface area (Å²) in [5, 5.41) is 8.48. The van der Waals surface area contributed by atoms with E-state index in [1.165, 1.54) is 25.7 Å². The molecule has 0 atom stereocenters. The van der Waals surface area contributed by atoms with Crippen LogP contribution in [-0.4, -0.2) is 20.8 Å². The van der Waals surface area contributed by atoms with Gasteiger partial charge >= 0.3 is 0 Å². The Kier molecular flexibility index (Phi) is 7.13. The second-order valence-electron chi connectivity index (χ2n) is 5.61. The van der Waals surface area contributed by atoms with Crippen LogP contribution in [0.4, 0.5) is 0 Å². The average molecular weight is 332 g/mol. The van der Waals surface area contributed by atoms with E-state index >= 15 is 0 Å². The molecule has 1 aromatic heterocycles. The fourth-order valence-electron chi connectivity index (χ4n) is 2.42. The van der Waals surface area contributed by atoms with Gasteiger partial charge in [-0.2, -0.15) is 0 Å². The van der Waals surface area contributed by atoms with Gasteiger partial charge in [0.15, 0.2) is 5.82 Å². The molecule has 1 N–H and O–H groups in total. The Bertz CT molecular complexity index is 612. The molecule has 0 saturated heterocycles. The van der Waals surface area contributed by atoms with Crippen LogP contribution in [0, 0.1) is 0 Å². The van der Waals surface area contributed by atoms with Crippen molar-refractivity contribution < 1.29 is 4.79 Å². The number of carbonyl (C=O) groups excluding carboxylic acids is 1. The maximum Gasteiger partial charge on any atom is 0.243 e. The molecule has 0 aliphatic heterocycles. The number of nitrogens with zero attached hydrogens (tertiary/aromatic N) is 3. The van der Waals surface area contributed by atoms with Crippen LogP contribution in [-0.2, 0) is 17.6 Å². The second-order valence-corrected chi connectivity index (χ2v) is 6.01. The number of amides is 1. The summed E-state index contributed by atoms with van der Waals surface area (Å²) < 4.78 is 1.59. The van der Waals surface area contributed by atoms with Gasteiger partial charge < -0.3 is 0 Å². The highest BCUT2D eigenvalue weighted by molar-refractivity contribution is 7.80. The number of benzene rings is 1. The minimum Gasteiger partial charge on any atom is -0.273 e. The molecule has 23 heavy (non-hydrogen) atoms. The lowest BCUT2D eigenvalue weighted by Gasteiger charge is -2.10. The fourth-order valence-corrected chi connectivity index (χ4v) is 2.63. The molecule has 2 aromatic rings. The second kappa shape index (κ2) is 9.35. The smallest absolute Gasteiger partial charge is 0.243 e. The third-order valence-electron chi connectivity index (χ3n) is 3.66. The van der Waals surface area contributed by atoms with Crippen molar-refractivity contribution in [2.45, 2.75) is 57.0 Å². The molecule has 124 valence electrons. The minimum absolute atomic E-state index is 0.0986. The predicted octanol–water partition coefficient (Wildman–Crippen LogP) is 3.39. The molecule has 0 spiro atoms. The van der Waals surface area contributed by atoms with Crippen LogP contribution < -0.4 is 5.43 Å². The van der Waals surface area contributed by atoms with Crippen molar-refractivity contribution in [2.75, 3.05) is 5.43 Å². The van der Waals surface area contributed by atoms with Crippen LogP contribution in [0.25, 0.3) is 0 Å². The molecule has 0 saturated carbocycles. The summed E-state index contributed by atoms with van der Waals surface area (Å²) in [6.07, 6.45) is 7.05. The van der Waals surface area contributed by atoms with Crippen molar-refractivity contribution in [3.63, 3.8) is 0 Å². The Balaban J connectivity index is 1.89. The number of aromatic nitrogens is 3. The standard InChI is InChI=1S/C17H24N4OS/c1-2-3-4-5-9-12-15-18-19-17(23)21(15)20-16(22)13-14-10-7-6-8-11-14/h6-8,10-11H,2-5,9,12-13H2,1H3,(H,19,23)(H,20,22). The van der Waals surface area contributed by atoms with Gasteiger partial charge in [0.1, 0.15) is 0 Å². The van der Waals surface area contributed by atoms with Gasteiger partial charge in [-0.3, -0.25) is 10.2 Å². The van der Waals surface area contributed by atoms with Crippen LogP contribution in [0.2, 0.25) is 0 Å². The Morgan fingerprint density at radius 1 is 1.13 bits per heavy atom. The van der Waals surface area contributed by atoms with Crippen molar-refractivity contribution in [3.05, 3.63) is 41.7 Å². The Labute approximate surface area is 142 Å². The first kappa shape index (κ1) is 17.5. The molecule has 6 heteroatoms. The van der Waals surface area contributed by atoms with Crippen molar-refractivity contribution in [1.29, 1.82) is 0 Å². The predicted molar refractivity (Wildman–Crippen MR) is 94.3 cm³/mol. The van der Waals surface area contributed by atoms with Gasteiger partial charge in [-0.25, -0.2) is 4.68 Å². The number of nitrogens with one attached hydrogen (secondary N) is 1. The molecule has 0 unspecified atom stereocenters. The van der Waals surface area contributed by atoms with E-state index in [4.69, 9.17) is 0 Å². The summed E-state index contributed by atoms with van der Waals surface area (Å²) in [6, 6.07) is 9.65. The molecule has 1 aromatic carbocycles. The third-order valence-corrected chi connectivity index (χ3v) is 3.95. The number of carbonyl (C=O) groups is 1. The van der Waals surface area contributed by atoms with Gasteiger partial charge in [0, 0.05) is 6.42 Å².